The second-order valence-electron chi connectivity index (χ2n) is 6.46. The van der Waals surface area contributed by atoms with E-state index in [1.165, 1.54) is 11.3 Å². The molecule has 1 aromatic heterocycles. The van der Waals surface area contributed by atoms with Gasteiger partial charge in [-0.05, 0) is 30.2 Å². The van der Waals surface area contributed by atoms with Gasteiger partial charge in [-0.1, -0.05) is 55.5 Å². The number of hydrogen-bond acceptors (Lipinski definition) is 5. The maximum Gasteiger partial charge on any atom is 0.257 e. The number of nitrogens with zero attached hydrogens (tertiary/aromatic N) is 2. The van der Waals surface area contributed by atoms with Crippen molar-refractivity contribution < 1.29 is 9.59 Å². The van der Waals surface area contributed by atoms with Gasteiger partial charge in [0.25, 0.3) is 5.91 Å². The highest BCUT2D eigenvalue weighted by Crippen LogP contribution is 2.26. The first-order valence-corrected chi connectivity index (χ1v) is 9.43. The third-order valence-electron chi connectivity index (χ3n) is 3.69. The standard InChI is InChI=1S/C20H20N4O2S/c1-13(2)12-17(25)21-16-10-8-14(9-11-16)18(26)22-20-24-23-19(27-20)15-6-4-3-5-7-15/h3-11,13H,12H2,1-2H3,(H,21,25)(H,22,24,26). The normalized spacial score (nSPS) is 10.6. The molecule has 3 aromatic rings. The van der Waals surface area contributed by atoms with Gasteiger partial charge in [0.2, 0.25) is 11.0 Å². The molecule has 0 atom stereocenters. The maximum absolute atomic E-state index is 12.4. The number of amides is 2. The average Bonchev–Trinajstić information content (AvgIpc) is 3.11. The van der Waals surface area contributed by atoms with Crippen LogP contribution in [0.2, 0.25) is 0 Å². The summed E-state index contributed by atoms with van der Waals surface area (Å²) in [7, 11) is 0. The van der Waals surface area contributed by atoms with Gasteiger partial charge in [-0.3, -0.25) is 14.9 Å². The summed E-state index contributed by atoms with van der Waals surface area (Å²) in [4.78, 5) is 24.2. The van der Waals surface area contributed by atoms with Crippen LogP contribution in [0, 0.1) is 5.92 Å². The molecular formula is C20H20N4O2S. The van der Waals surface area contributed by atoms with Gasteiger partial charge in [0, 0.05) is 23.2 Å². The zero-order chi connectivity index (χ0) is 19.2. The van der Waals surface area contributed by atoms with Crippen molar-refractivity contribution >= 4 is 34.0 Å². The Morgan fingerprint density at radius 3 is 2.33 bits per heavy atom. The molecule has 2 aromatic carbocycles. The van der Waals surface area contributed by atoms with Gasteiger partial charge in [0.15, 0.2) is 0 Å². The van der Waals surface area contributed by atoms with Crippen LogP contribution in [0.5, 0.6) is 0 Å². The van der Waals surface area contributed by atoms with Crippen molar-refractivity contribution in [2.45, 2.75) is 20.3 Å². The van der Waals surface area contributed by atoms with Crippen LogP contribution < -0.4 is 10.6 Å². The lowest BCUT2D eigenvalue weighted by molar-refractivity contribution is -0.116. The van der Waals surface area contributed by atoms with Crippen molar-refractivity contribution in [3.63, 3.8) is 0 Å². The van der Waals surface area contributed by atoms with Gasteiger partial charge in [-0.2, -0.15) is 0 Å². The van der Waals surface area contributed by atoms with Crippen molar-refractivity contribution in [3.8, 4) is 10.6 Å². The Balaban J connectivity index is 1.61. The van der Waals surface area contributed by atoms with E-state index < -0.39 is 0 Å². The van der Waals surface area contributed by atoms with Crippen molar-refractivity contribution in [1.82, 2.24) is 10.2 Å². The van der Waals surface area contributed by atoms with Gasteiger partial charge in [0.1, 0.15) is 5.01 Å². The van der Waals surface area contributed by atoms with Gasteiger partial charge in [-0.15, -0.1) is 10.2 Å². The Bertz CT molecular complexity index is 921. The highest BCUT2D eigenvalue weighted by Gasteiger charge is 2.12. The predicted molar refractivity (Wildman–Crippen MR) is 108 cm³/mol. The number of rotatable bonds is 6. The van der Waals surface area contributed by atoms with Gasteiger partial charge in [0.05, 0.1) is 0 Å². The van der Waals surface area contributed by atoms with E-state index in [0.717, 1.165) is 10.6 Å². The quantitative estimate of drug-likeness (QED) is 0.662. The Hall–Kier alpha value is -3.06. The average molecular weight is 380 g/mol. The largest absolute Gasteiger partial charge is 0.326 e. The van der Waals surface area contributed by atoms with Crippen molar-refractivity contribution in [3.05, 3.63) is 60.2 Å². The van der Waals surface area contributed by atoms with Crippen molar-refractivity contribution in [1.29, 1.82) is 0 Å². The summed E-state index contributed by atoms with van der Waals surface area (Å²) in [5, 5.41) is 14.9. The first-order chi connectivity index (χ1) is 13.0. The van der Waals surface area contributed by atoms with Crippen LogP contribution in [0.4, 0.5) is 10.8 Å². The van der Waals surface area contributed by atoms with Crippen molar-refractivity contribution in [2.24, 2.45) is 5.92 Å². The monoisotopic (exact) mass is 380 g/mol. The SMILES string of the molecule is CC(C)CC(=O)Nc1ccc(C(=O)Nc2nnc(-c3ccccc3)s2)cc1. The lowest BCUT2D eigenvalue weighted by Crippen LogP contribution is -2.14. The number of carbonyl (C=O) groups is 2. The van der Waals surface area contributed by atoms with Crippen LogP contribution in [-0.2, 0) is 4.79 Å². The predicted octanol–water partition coefficient (Wildman–Crippen LogP) is 4.44. The molecule has 2 N–H and O–H groups in total. The molecule has 7 heteroatoms. The number of hydrogen-bond donors (Lipinski definition) is 2. The molecule has 0 bridgehead atoms. The van der Waals surface area contributed by atoms with E-state index in [4.69, 9.17) is 0 Å². The fourth-order valence-corrected chi connectivity index (χ4v) is 3.17. The number of anilines is 2. The molecule has 0 fully saturated rings. The van der Waals surface area contributed by atoms with E-state index in [1.807, 2.05) is 44.2 Å². The molecule has 0 radical (unpaired) electrons. The molecule has 3 rings (SSSR count). The number of benzene rings is 2. The molecule has 0 unspecified atom stereocenters. The Morgan fingerprint density at radius 1 is 0.963 bits per heavy atom. The zero-order valence-corrected chi connectivity index (χ0v) is 15.9. The van der Waals surface area contributed by atoms with E-state index in [2.05, 4.69) is 20.8 Å². The molecule has 0 aliphatic carbocycles. The molecule has 0 saturated heterocycles. The van der Waals surface area contributed by atoms with Crippen LogP contribution in [0.3, 0.4) is 0 Å². The van der Waals surface area contributed by atoms with Gasteiger partial charge < -0.3 is 5.32 Å². The summed E-state index contributed by atoms with van der Waals surface area (Å²) < 4.78 is 0. The summed E-state index contributed by atoms with van der Waals surface area (Å²) in [5.74, 6) is -0.0157. The van der Waals surface area contributed by atoms with E-state index in [-0.39, 0.29) is 11.8 Å². The lowest BCUT2D eigenvalue weighted by atomic mass is 10.1. The molecule has 0 saturated carbocycles. The summed E-state index contributed by atoms with van der Waals surface area (Å²) in [6.45, 7) is 3.98. The van der Waals surface area contributed by atoms with E-state index in [0.29, 0.717) is 28.7 Å². The summed E-state index contributed by atoms with van der Waals surface area (Å²) >= 11 is 1.32. The van der Waals surface area contributed by atoms with Crippen LogP contribution >= 0.6 is 11.3 Å². The molecule has 0 aliphatic rings. The Labute approximate surface area is 161 Å². The third kappa shape index (κ3) is 5.21. The molecule has 0 aliphatic heterocycles. The molecule has 27 heavy (non-hydrogen) atoms. The topological polar surface area (TPSA) is 84.0 Å². The van der Waals surface area contributed by atoms with Crippen LogP contribution in [0.25, 0.3) is 10.6 Å². The second kappa shape index (κ2) is 8.55. The molecule has 6 nitrogen and oxygen atoms in total. The molecule has 2 amide bonds. The number of nitrogens with one attached hydrogen (secondary N) is 2. The van der Waals surface area contributed by atoms with Gasteiger partial charge in [-0.25, -0.2) is 0 Å². The Kier molecular flexibility index (Phi) is 5.93. The molecule has 0 spiro atoms. The van der Waals surface area contributed by atoms with E-state index in [1.54, 1.807) is 24.3 Å². The van der Waals surface area contributed by atoms with E-state index in [9.17, 15) is 9.59 Å². The fraction of sp³-hybridized carbons (Fsp3) is 0.200. The lowest BCUT2D eigenvalue weighted by Gasteiger charge is -2.08. The second-order valence-corrected chi connectivity index (χ2v) is 7.43. The first kappa shape index (κ1) is 18.7. The minimum atomic E-state index is -0.272. The summed E-state index contributed by atoms with van der Waals surface area (Å²) in [6, 6.07) is 16.4. The summed E-state index contributed by atoms with van der Waals surface area (Å²) in [5.41, 5.74) is 2.10. The molecular weight excluding hydrogens is 360 g/mol. The zero-order valence-electron chi connectivity index (χ0n) is 15.1. The van der Waals surface area contributed by atoms with Crippen molar-refractivity contribution in [2.75, 3.05) is 10.6 Å². The number of aromatic nitrogens is 2. The summed E-state index contributed by atoms with van der Waals surface area (Å²) in [6.07, 6.45) is 0.461. The van der Waals surface area contributed by atoms with Crippen LogP contribution in [-0.4, -0.2) is 22.0 Å². The smallest absolute Gasteiger partial charge is 0.257 e. The third-order valence-corrected chi connectivity index (χ3v) is 4.58. The minimum Gasteiger partial charge on any atom is -0.326 e. The highest BCUT2D eigenvalue weighted by molar-refractivity contribution is 7.18. The highest BCUT2D eigenvalue weighted by atomic mass is 32.1. The van der Waals surface area contributed by atoms with E-state index >= 15 is 0 Å². The van der Waals surface area contributed by atoms with Crippen LogP contribution in [0.1, 0.15) is 30.6 Å². The molecule has 138 valence electrons. The van der Waals surface area contributed by atoms with Crippen LogP contribution in [0.15, 0.2) is 54.6 Å². The van der Waals surface area contributed by atoms with Gasteiger partial charge >= 0.3 is 0 Å². The maximum atomic E-state index is 12.4. The number of carbonyl (C=O) groups excluding carboxylic acids is 2. The minimum absolute atomic E-state index is 0.0375. The Morgan fingerprint density at radius 2 is 1.67 bits per heavy atom. The first-order valence-electron chi connectivity index (χ1n) is 8.61. The fourth-order valence-electron chi connectivity index (χ4n) is 2.43. The molecule has 1 heterocycles.